The maximum Gasteiger partial charge on any atom is 0.180 e. The van der Waals surface area contributed by atoms with Crippen molar-refractivity contribution in [3.63, 3.8) is 0 Å². The van der Waals surface area contributed by atoms with Crippen LogP contribution < -0.4 is 0 Å². The van der Waals surface area contributed by atoms with Gasteiger partial charge in [-0.15, -0.1) is 0 Å². The van der Waals surface area contributed by atoms with Crippen LogP contribution in [0.3, 0.4) is 0 Å². The summed E-state index contributed by atoms with van der Waals surface area (Å²) >= 11 is 0. The molecule has 0 spiro atoms. The van der Waals surface area contributed by atoms with E-state index in [4.69, 9.17) is 0 Å². The van der Waals surface area contributed by atoms with E-state index < -0.39 is 5.92 Å². The molecule has 0 saturated heterocycles. The van der Waals surface area contributed by atoms with Gasteiger partial charge in [-0.05, 0) is 22.8 Å². The highest BCUT2D eigenvalue weighted by molar-refractivity contribution is 5.99. The highest BCUT2D eigenvalue weighted by Gasteiger charge is 2.20. The van der Waals surface area contributed by atoms with E-state index in [9.17, 15) is 10.1 Å². The van der Waals surface area contributed by atoms with Crippen molar-refractivity contribution in [1.82, 2.24) is 0 Å². The SMILES string of the molecule is N#CC(Cc1cccc2ccccc12)C(=O)c1ccccc1. The third-order valence-corrected chi connectivity index (χ3v) is 3.83. The van der Waals surface area contributed by atoms with Gasteiger partial charge in [-0.2, -0.15) is 5.26 Å². The lowest BCUT2D eigenvalue weighted by atomic mass is 9.90. The van der Waals surface area contributed by atoms with Crippen LogP contribution in [-0.2, 0) is 6.42 Å². The Balaban J connectivity index is 1.93. The second kappa shape index (κ2) is 6.24. The number of ketones is 1. The first-order chi connectivity index (χ1) is 10.8. The Morgan fingerprint density at radius 3 is 2.36 bits per heavy atom. The van der Waals surface area contributed by atoms with Crippen molar-refractivity contribution in [2.24, 2.45) is 5.92 Å². The van der Waals surface area contributed by atoms with Crippen molar-refractivity contribution < 1.29 is 4.79 Å². The predicted molar refractivity (Wildman–Crippen MR) is 87.5 cm³/mol. The molecule has 0 saturated carbocycles. The molecule has 106 valence electrons. The lowest BCUT2D eigenvalue weighted by molar-refractivity contribution is 0.0948. The molecule has 2 nitrogen and oxygen atoms in total. The molecule has 0 N–H and O–H groups in total. The third-order valence-electron chi connectivity index (χ3n) is 3.83. The molecule has 22 heavy (non-hydrogen) atoms. The lowest BCUT2D eigenvalue weighted by Gasteiger charge is -2.11. The van der Waals surface area contributed by atoms with Gasteiger partial charge in [0.2, 0.25) is 0 Å². The number of nitriles is 1. The zero-order valence-electron chi connectivity index (χ0n) is 12.1. The average Bonchev–Trinajstić information content (AvgIpc) is 2.60. The summed E-state index contributed by atoms with van der Waals surface area (Å²) in [7, 11) is 0. The Kier molecular flexibility index (Phi) is 3.98. The number of hydrogen-bond acceptors (Lipinski definition) is 2. The molecule has 0 heterocycles. The maximum absolute atomic E-state index is 12.5. The van der Waals surface area contributed by atoms with Crippen molar-refractivity contribution in [3.8, 4) is 6.07 Å². The minimum Gasteiger partial charge on any atom is -0.293 e. The highest BCUT2D eigenvalue weighted by Crippen LogP contribution is 2.22. The van der Waals surface area contributed by atoms with Crippen LogP contribution >= 0.6 is 0 Å². The predicted octanol–water partition coefficient (Wildman–Crippen LogP) is 4.40. The molecule has 0 amide bonds. The van der Waals surface area contributed by atoms with Crippen molar-refractivity contribution in [3.05, 3.63) is 83.9 Å². The first-order valence-electron chi connectivity index (χ1n) is 7.25. The first-order valence-corrected chi connectivity index (χ1v) is 7.25. The standard InChI is InChI=1S/C20H15NO/c21-14-18(20(22)16-8-2-1-3-9-16)13-17-11-6-10-15-7-4-5-12-19(15)17/h1-12,18H,13H2. The number of carbonyl (C=O) groups excluding carboxylic acids is 1. The van der Waals surface area contributed by atoms with Gasteiger partial charge in [-0.1, -0.05) is 72.8 Å². The normalized spacial score (nSPS) is 11.8. The van der Waals surface area contributed by atoms with Crippen LogP contribution in [0.1, 0.15) is 15.9 Å². The Labute approximate surface area is 129 Å². The highest BCUT2D eigenvalue weighted by atomic mass is 16.1. The van der Waals surface area contributed by atoms with Crippen molar-refractivity contribution in [2.45, 2.75) is 6.42 Å². The van der Waals surface area contributed by atoms with E-state index in [0.29, 0.717) is 12.0 Å². The van der Waals surface area contributed by atoms with E-state index >= 15 is 0 Å². The molecule has 3 aromatic carbocycles. The van der Waals surface area contributed by atoms with Crippen molar-refractivity contribution in [1.29, 1.82) is 5.26 Å². The molecule has 3 aromatic rings. The van der Waals surface area contributed by atoms with E-state index in [1.807, 2.05) is 60.7 Å². The number of carbonyl (C=O) groups is 1. The molecule has 3 rings (SSSR count). The van der Waals surface area contributed by atoms with Crippen LogP contribution in [0.25, 0.3) is 10.8 Å². The summed E-state index contributed by atoms with van der Waals surface area (Å²) in [5.74, 6) is -0.774. The number of hydrogen-bond donors (Lipinski definition) is 0. The quantitative estimate of drug-likeness (QED) is 0.666. The second-order valence-electron chi connectivity index (χ2n) is 5.25. The van der Waals surface area contributed by atoms with Crippen LogP contribution in [0, 0.1) is 17.2 Å². The molecular weight excluding hydrogens is 270 g/mol. The summed E-state index contributed by atoms with van der Waals surface area (Å²) < 4.78 is 0. The van der Waals surface area contributed by atoms with Gasteiger partial charge in [0, 0.05) is 5.56 Å². The molecule has 2 heteroatoms. The molecular formula is C20H15NO. The van der Waals surface area contributed by atoms with E-state index in [-0.39, 0.29) is 5.78 Å². The largest absolute Gasteiger partial charge is 0.293 e. The lowest BCUT2D eigenvalue weighted by Crippen LogP contribution is -2.15. The van der Waals surface area contributed by atoms with Gasteiger partial charge in [0.25, 0.3) is 0 Å². The van der Waals surface area contributed by atoms with Crippen molar-refractivity contribution in [2.75, 3.05) is 0 Å². The van der Waals surface area contributed by atoms with Crippen LogP contribution in [0.5, 0.6) is 0 Å². The van der Waals surface area contributed by atoms with Crippen LogP contribution in [0.2, 0.25) is 0 Å². The number of nitrogens with zero attached hydrogens (tertiary/aromatic N) is 1. The number of rotatable bonds is 4. The fourth-order valence-electron chi connectivity index (χ4n) is 2.69. The minimum absolute atomic E-state index is 0.115. The number of benzene rings is 3. The van der Waals surface area contributed by atoms with Crippen LogP contribution in [0.15, 0.2) is 72.8 Å². The topological polar surface area (TPSA) is 40.9 Å². The van der Waals surface area contributed by atoms with Gasteiger partial charge in [-0.25, -0.2) is 0 Å². The molecule has 1 atom stereocenters. The molecule has 1 unspecified atom stereocenters. The molecule has 0 bridgehead atoms. The minimum atomic E-state index is -0.659. The fourth-order valence-corrected chi connectivity index (χ4v) is 2.69. The van der Waals surface area contributed by atoms with Gasteiger partial charge in [0.15, 0.2) is 5.78 Å². The Morgan fingerprint density at radius 2 is 1.59 bits per heavy atom. The van der Waals surface area contributed by atoms with E-state index in [1.165, 1.54) is 0 Å². The zero-order chi connectivity index (χ0) is 15.4. The average molecular weight is 285 g/mol. The number of fused-ring (bicyclic) bond motifs is 1. The molecule has 0 radical (unpaired) electrons. The summed E-state index contributed by atoms with van der Waals surface area (Å²) in [6, 6.07) is 25.2. The van der Waals surface area contributed by atoms with Gasteiger partial charge in [-0.3, -0.25) is 4.79 Å². The van der Waals surface area contributed by atoms with E-state index in [1.54, 1.807) is 12.1 Å². The molecule has 0 aromatic heterocycles. The summed E-state index contributed by atoms with van der Waals surface area (Å²) in [5.41, 5.74) is 1.63. The van der Waals surface area contributed by atoms with Crippen LogP contribution in [0.4, 0.5) is 0 Å². The maximum atomic E-state index is 12.5. The van der Waals surface area contributed by atoms with Gasteiger partial charge < -0.3 is 0 Å². The van der Waals surface area contributed by atoms with Gasteiger partial charge in [0.05, 0.1) is 6.07 Å². The fraction of sp³-hybridized carbons (Fsp3) is 0.100. The van der Waals surface area contributed by atoms with E-state index in [2.05, 4.69) is 6.07 Å². The summed E-state index contributed by atoms with van der Waals surface area (Å²) in [4.78, 5) is 12.5. The summed E-state index contributed by atoms with van der Waals surface area (Å²) in [5, 5.41) is 11.7. The smallest absolute Gasteiger partial charge is 0.180 e. The summed E-state index contributed by atoms with van der Waals surface area (Å²) in [6.45, 7) is 0. The Hall–Kier alpha value is -2.92. The molecule has 0 aliphatic carbocycles. The van der Waals surface area contributed by atoms with E-state index in [0.717, 1.165) is 16.3 Å². The summed E-state index contributed by atoms with van der Waals surface area (Å²) in [6.07, 6.45) is 0.436. The van der Waals surface area contributed by atoms with Gasteiger partial charge >= 0.3 is 0 Å². The second-order valence-corrected chi connectivity index (χ2v) is 5.25. The van der Waals surface area contributed by atoms with Gasteiger partial charge in [0.1, 0.15) is 5.92 Å². The first kappa shape index (κ1) is 14.0. The Morgan fingerprint density at radius 1 is 0.909 bits per heavy atom. The molecule has 0 aliphatic heterocycles. The molecule has 0 fully saturated rings. The Bertz CT molecular complexity index is 841. The molecule has 0 aliphatic rings. The van der Waals surface area contributed by atoms with Crippen LogP contribution in [-0.4, -0.2) is 5.78 Å². The monoisotopic (exact) mass is 285 g/mol. The number of Topliss-reactive ketones (excluding diaryl/α,β-unsaturated/α-hetero) is 1. The van der Waals surface area contributed by atoms with Crippen molar-refractivity contribution >= 4 is 16.6 Å². The zero-order valence-corrected chi connectivity index (χ0v) is 12.1. The third kappa shape index (κ3) is 2.75.